The number of hydrogen-bond acceptors (Lipinski definition) is 5. The molecule has 34 heavy (non-hydrogen) atoms. The first-order chi connectivity index (χ1) is 16.6. The number of nitrogens with one attached hydrogen (secondary N) is 2. The van der Waals surface area contributed by atoms with Crippen LogP contribution in [0.2, 0.25) is 0 Å². The van der Waals surface area contributed by atoms with Crippen LogP contribution in [0.4, 0.5) is 4.39 Å². The Morgan fingerprint density at radius 3 is 2.65 bits per heavy atom. The van der Waals surface area contributed by atoms with Crippen molar-refractivity contribution in [2.24, 2.45) is 0 Å². The fourth-order valence-corrected chi connectivity index (χ4v) is 4.43. The Balaban J connectivity index is 1.27. The van der Waals surface area contributed by atoms with Crippen LogP contribution in [0, 0.1) is 12.7 Å². The number of fused-ring (bicyclic) bond motifs is 2. The van der Waals surface area contributed by atoms with Gasteiger partial charge in [0, 0.05) is 41.9 Å². The molecule has 6 rings (SSSR count). The Bertz CT molecular complexity index is 1470. The molecule has 0 atom stereocenters. The molecule has 0 bridgehead atoms. The van der Waals surface area contributed by atoms with Gasteiger partial charge in [-0.05, 0) is 42.3 Å². The summed E-state index contributed by atoms with van der Waals surface area (Å²) in [5, 5.41) is 1.19. The molecule has 8 heteroatoms. The minimum Gasteiger partial charge on any atom is -0.435 e. The summed E-state index contributed by atoms with van der Waals surface area (Å²) >= 11 is 0. The van der Waals surface area contributed by atoms with Crippen LogP contribution in [0.15, 0.2) is 54.9 Å². The molecule has 0 unspecified atom stereocenters. The maximum atomic E-state index is 15.0. The van der Waals surface area contributed by atoms with Crippen molar-refractivity contribution in [3.05, 3.63) is 71.9 Å². The van der Waals surface area contributed by atoms with Crippen molar-refractivity contribution >= 4 is 21.9 Å². The molecule has 0 amide bonds. The van der Waals surface area contributed by atoms with E-state index in [0.29, 0.717) is 22.3 Å². The maximum absolute atomic E-state index is 15.0. The number of morpholine rings is 1. The lowest BCUT2D eigenvalue weighted by Crippen LogP contribution is -2.35. The maximum Gasteiger partial charge on any atom is 0.231 e. The molecule has 1 saturated heterocycles. The number of aromatic nitrogens is 4. The number of halogens is 1. The van der Waals surface area contributed by atoms with E-state index in [0.717, 1.165) is 55.3 Å². The number of rotatable bonds is 5. The zero-order chi connectivity index (χ0) is 23.1. The largest absolute Gasteiger partial charge is 0.435 e. The second-order valence-corrected chi connectivity index (χ2v) is 8.60. The van der Waals surface area contributed by atoms with Crippen LogP contribution in [0.25, 0.3) is 33.2 Å². The molecule has 5 aromatic rings. The lowest BCUT2D eigenvalue weighted by Gasteiger charge is -2.26. The minimum atomic E-state index is -0.416. The third-order valence-corrected chi connectivity index (χ3v) is 6.21. The summed E-state index contributed by atoms with van der Waals surface area (Å²) in [5.74, 6) is 0.0175. The van der Waals surface area contributed by atoms with Crippen LogP contribution in [-0.2, 0) is 11.3 Å². The SMILES string of the molecule is Cc1cc2c(F)c(Oc3ncnc4[nH]c(-c5ccc(CN6CCOCC6)cc5)cc34)ccc2[nH]1. The van der Waals surface area contributed by atoms with Crippen LogP contribution in [0.1, 0.15) is 11.3 Å². The van der Waals surface area contributed by atoms with E-state index in [-0.39, 0.29) is 5.75 Å². The highest BCUT2D eigenvalue weighted by molar-refractivity contribution is 5.87. The molecule has 172 valence electrons. The molecule has 0 radical (unpaired) electrons. The van der Waals surface area contributed by atoms with Crippen molar-refractivity contribution in [1.82, 2.24) is 24.8 Å². The summed E-state index contributed by atoms with van der Waals surface area (Å²) in [6.07, 6.45) is 1.42. The van der Waals surface area contributed by atoms with Crippen molar-refractivity contribution in [3.8, 4) is 22.9 Å². The smallest absolute Gasteiger partial charge is 0.231 e. The van der Waals surface area contributed by atoms with E-state index in [4.69, 9.17) is 9.47 Å². The first kappa shape index (κ1) is 20.8. The van der Waals surface area contributed by atoms with E-state index in [9.17, 15) is 0 Å². The number of aromatic amines is 2. The van der Waals surface area contributed by atoms with E-state index < -0.39 is 5.82 Å². The molecule has 1 fully saturated rings. The molecular formula is C26H24FN5O2. The van der Waals surface area contributed by atoms with Crippen LogP contribution < -0.4 is 4.74 Å². The molecule has 2 aromatic carbocycles. The molecule has 7 nitrogen and oxygen atoms in total. The van der Waals surface area contributed by atoms with Gasteiger partial charge in [-0.2, -0.15) is 0 Å². The first-order valence-corrected chi connectivity index (χ1v) is 11.3. The van der Waals surface area contributed by atoms with Gasteiger partial charge in [0.15, 0.2) is 11.6 Å². The van der Waals surface area contributed by atoms with Gasteiger partial charge in [-0.3, -0.25) is 4.90 Å². The van der Waals surface area contributed by atoms with Gasteiger partial charge in [0.25, 0.3) is 0 Å². The van der Waals surface area contributed by atoms with Crippen LogP contribution >= 0.6 is 0 Å². The first-order valence-electron chi connectivity index (χ1n) is 11.3. The normalized spacial score (nSPS) is 14.8. The summed E-state index contributed by atoms with van der Waals surface area (Å²) in [5.41, 5.74) is 5.45. The molecule has 4 heterocycles. The van der Waals surface area contributed by atoms with Crippen molar-refractivity contribution in [1.29, 1.82) is 0 Å². The number of hydrogen-bond donors (Lipinski definition) is 2. The Morgan fingerprint density at radius 1 is 1.00 bits per heavy atom. The Morgan fingerprint density at radius 2 is 1.82 bits per heavy atom. The van der Waals surface area contributed by atoms with E-state index >= 15 is 4.39 Å². The Kier molecular flexibility index (Phi) is 5.24. The summed E-state index contributed by atoms with van der Waals surface area (Å²) in [7, 11) is 0. The summed E-state index contributed by atoms with van der Waals surface area (Å²) in [6.45, 7) is 6.31. The number of benzene rings is 2. The summed E-state index contributed by atoms with van der Waals surface area (Å²) < 4.78 is 26.4. The number of H-pyrrole nitrogens is 2. The second-order valence-electron chi connectivity index (χ2n) is 8.60. The fraction of sp³-hybridized carbons (Fsp3) is 0.231. The van der Waals surface area contributed by atoms with Crippen LogP contribution in [-0.4, -0.2) is 51.1 Å². The van der Waals surface area contributed by atoms with Gasteiger partial charge in [0.2, 0.25) is 5.88 Å². The molecular weight excluding hydrogens is 433 g/mol. The summed E-state index contributed by atoms with van der Waals surface area (Å²) in [6, 6.07) is 15.6. The predicted octanol–water partition coefficient (Wildman–Crippen LogP) is 5.18. The highest BCUT2D eigenvalue weighted by atomic mass is 19.1. The number of ether oxygens (including phenoxy) is 2. The lowest BCUT2D eigenvalue weighted by molar-refractivity contribution is 0.0342. The van der Waals surface area contributed by atoms with Crippen LogP contribution in [0.3, 0.4) is 0 Å². The quantitative estimate of drug-likeness (QED) is 0.380. The van der Waals surface area contributed by atoms with Gasteiger partial charge in [-0.25, -0.2) is 14.4 Å². The van der Waals surface area contributed by atoms with E-state index in [1.54, 1.807) is 18.2 Å². The fourth-order valence-electron chi connectivity index (χ4n) is 4.43. The molecule has 0 aliphatic carbocycles. The van der Waals surface area contributed by atoms with Crippen molar-refractivity contribution in [2.45, 2.75) is 13.5 Å². The average molecular weight is 458 g/mol. The van der Waals surface area contributed by atoms with Gasteiger partial charge >= 0.3 is 0 Å². The van der Waals surface area contributed by atoms with Crippen LogP contribution in [0.5, 0.6) is 11.6 Å². The molecule has 1 aliphatic heterocycles. The van der Waals surface area contributed by atoms with Gasteiger partial charge in [-0.15, -0.1) is 0 Å². The van der Waals surface area contributed by atoms with E-state index in [1.165, 1.54) is 11.9 Å². The van der Waals surface area contributed by atoms with Crippen molar-refractivity contribution in [2.75, 3.05) is 26.3 Å². The van der Waals surface area contributed by atoms with Crippen molar-refractivity contribution < 1.29 is 13.9 Å². The average Bonchev–Trinajstić information content (AvgIpc) is 3.46. The molecule has 3 aromatic heterocycles. The zero-order valence-electron chi connectivity index (χ0n) is 18.8. The second kappa shape index (κ2) is 8.55. The highest BCUT2D eigenvalue weighted by Gasteiger charge is 2.16. The molecule has 1 aliphatic rings. The topological polar surface area (TPSA) is 79.1 Å². The van der Waals surface area contributed by atoms with E-state index in [1.807, 2.05) is 13.0 Å². The molecule has 0 saturated carbocycles. The van der Waals surface area contributed by atoms with Gasteiger partial charge < -0.3 is 19.4 Å². The van der Waals surface area contributed by atoms with Gasteiger partial charge in [0.05, 0.1) is 18.6 Å². The Hall–Kier alpha value is -3.75. The third kappa shape index (κ3) is 3.91. The summed E-state index contributed by atoms with van der Waals surface area (Å²) in [4.78, 5) is 17.5. The van der Waals surface area contributed by atoms with Gasteiger partial charge in [-0.1, -0.05) is 24.3 Å². The van der Waals surface area contributed by atoms with Gasteiger partial charge in [0.1, 0.15) is 12.0 Å². The zero-order valence-corrected chi connectivity index (χ0v) is 18.8. The standard InChI is InChI=1S/C26H24FN5O2/c1-16-12-19-21(30-16)6-7-23(24(19)27)34-26-20-13-22(31-25(20)28-15-29-26)18-4-2-17(3-5-18)14-32-8-10-33-11-9-32/h2-7,12-13,15,30H,8-11,14H2,1H3,(H,28,29,31). The Labute approximate surface area is 195 Å². The van der Waals surface area contributed by atoms with E-state index in [2.05, 4.69) is 49.1 Å². The number of nitrogens with zero attached hydrogens (tertiary/aromatic N) is 3. The third-order valence-electron chi connectivity index (χ3n) is 6.21. The van der Waals surface area contributed by atoms with Crippen molar-refractivity contribution in [3.63, 3.8) is 0 Å². The highest BCUT2D eigenvalue weighted by Crippen LogP contribution is 2.34. The lowest BCUT2D eigenvalue weighted by atomic mass is 10.1. The minimum absolute atomic E-state index is 0.127. The molecule has 0 spiro atoms. The molecule has 2 N–H and O–H groups in total. The predicted molar refractivity (Wildman–Crippen MR) is 128 cm³/mol. The number of aryl methyl sites for hydroxylation is 1. The monoisotopic (exact) mass is 457 g/mol.